The predicted molar refractivity (Wildman–Crippen MR) is 67.0 cm³/mol. The van der Waals surface area contributed by atoms with Gasteiger partial charge in [-0.05, 0) is 24.6 Å². The SMILES string of the molecule is C=C(/C=C\C(=C)c1ccccc1O)OCC. The molecule has 2 heteroatoms. The first-order valence-corrected chi connectivity index (χ1v) is 5.12. The Morgan fingerprint density at radius 3 is 2.62 bits per heavy atom. The van der Waals surface area contributed by atoms with Crippen molar-refractivity contribution in [2.45, 2.75) is 6.92 Å². The van der Waals surface area contributed by atoms with Crippen molar-refractivity contribution >= 4 is 5.57 Å². The van der Waals surface area contributed by atoms with E-state index in [1.165, 1.54) is 0 Å². The fraction of sp³-hybridized carbons (Fsp3) is 0.143. The number of hydrogen-bond acceptors (Lipinski definition) is 2. The zero-order valence-electron chi connectivity index (χ0n) is 9.44. The molecule has 1 aromatic rings. The van der Waals surface area contributed by atoms with Gasteiger partial charge in [-0.15, -0.1) is 0 Å². The van der Waals surface area contributed by atoms with Crippen LogP contribution in [-0.4, -0.2) is 11.7 Å². The van der Waals surface area contributed by atoms with E-state index in [0.29, 0.717) is 17.9 Å². The van der Waals surface area contributed by atoms with Gasteiger partial charge in [-0.2, -0.15) is 0 Å². The van der Waals surface area contributed by atoms with Crippen LogP contribution in [0.15, 0.2) is 55.3 Å². The zero-order chi connectivity index (χ0) is 12.0. The first kappa shape index (κ1) is 12.1. The van der Waals surface area contributed by atoms with Gasteiger partial charge in [0.15, 0.2) is 0 Å². The van der Waals surface area contributed by atoms with Crippen molar-refractivity contribution in [3.63, 3.8) is 0 Å². The molecule has 0 aliphatic heterocycles. The molecular weight excluding hydrogens is 200 g/mol. The normalized spacial score (nSPS) is 10.3. The van der Waals surface area contributed by atoms with E-state index >= 15 is 0 Å². The molecule has 84 valence electrons. The lowest BCUT2D eigenvalue weighted by molar-refractivity contribution is 0.244. The minimum absolute atomic E-state index is 0.221. The smallest absolute Gasteiger partial charge is 0.123 e. The van der Waals surface area contributed by atoms with Crippen LogP contribution in [-0.2, 0) is 4.74 Å². The molecule has 0 atom stereocenters. The molecule has 0 unspecified atom stereocenters. The van der Waals surface area contributed by atoms with Gasteiger partial charge in [-0.25, -0.2) is 0 Å². The van der Waals surface area contributed by atoms with Crippen molar-refractivity contribution in [2.24, 2.45) is 0 Å². The molecule has 0 fully saturated rings. The molecule has 1 rings (SSSR count). The molecule has 0 aliphatic carbocycles. The largest absolute Gasteiger partial charge is 0.507 e. The number of para-hydroxylation sites is 1. The summed E-state index contributed by atoms with van der Waals surface area (Å²) in [6.45, 7) is 10.1. The third-order valence-electron chi connectivity index (χ3n) is 2.05. The second-order valence-corrected chi connectivity index (χ2v) is 3.28. The van der Waals surface area contributed by atoms with Gasteiger partial charge < -0.3 is 9.84 Å². The molecule has 0 heterocycles. The van der Waals surface area contributed by atoms with E-state index in [1.54, 1.807) is 24.3 Å². The zero-order valence-corrected chi connectivity index (χ0v) is 9.44. The van der Waals surface area contributed by atoms with Crippen molar-refractivity contribution in [1.29, 1.82) is 0 Å². The minimum Gasteiger partial charge on any atom is -0.507 e. The predicted octanol–water partition coefficient (Wildman–Crippen LogP) is 3.51. The third-order valence-corrected chi connectivity index (χ3v) is 2.05. The maximum Gasteiger partial charge on any atom is 0.123 e. The summed E-state index contributed by atoms with van der Waals surface area (Å²) >= 11 is 0. The molecule has 2 nitrogen and oxygen atoms in total. The second-order valence-electron chi connectivity index (χ2n) is 3.28. The second kappa shape index (κ2) is 5.81. The summed E-state index contributed by atoms with van der Waals surface area (Å²) in [7, 11) is 0. The number of ether oxygens (including phenoxy) is 1. The van der Waals surface area contributed by atoms with E-state index < -0.39 is 0 Å². The third kappa shape index (κ3) is 3.31. The molecule has 1 N–H and O–H groups in total. The minimum atomic E-state index is 0.221. The average molecular weight is 216 g/mol. The summed E-state index contributed by atoms with van der Waals surface area (Å²) < 4.78 is 5.17. The first-order chi connectivity index (χ1) is 7.65. The highest BCUT2D eigenvalue weighted by molar-refractivity contribution is 5.76. The Labute approximate surface area is 96.2 Å². The standard InChI is InChI=1S/C14H16O2/c1-4-16-12(3)10-9-11(2)13-7-5-6-8-14(13)15/h5-10,15H,2-4H2,1H3/b10-9-. The summed E-state index contributed by atoms with van der Waals surface area (Å²) in [4.78, 5) is 0. The highest BCUT2D eigenvalue weighted by Crippen LogP contribution is 2.24. The van der Waals surface area contributed by atoms with Crippen molar-refractivity contribution in [3.8, 4) is 5.75 Å². The maximum absolute atomic E-state index is 9.60. The Morgan fingerprint density at radius 1 is 1.31 bits per heavy atom. The molecule has 0 radical (unpaired) electrons. The Morgan fingerprint density at radius 2 is 2.00 bits per heavy atom. The van der Waals surface area contributed by atoms with Gasteiger partial charge in [0.25, 0.3) is 0 Å². The molecule has 0 aromatic heterocycles. The lowest BCUT2D eigenvalue weighted by Crippen LogP contribution is -1.86. The van der Waals surface area contributed by atoms with Crippen LogP contribution in [0, 0.1) is 0 Å². The highest BCUT2D eigenvalue weighted by atomic mass is 16.5. The Hall–Kier alpha value is -1.96. The maximum atomic E-state index is 9.60. The van der Waals surface area contributed by atoms with E-state index in [0.717, 1.165) is 5.57 Å². The Bertz CT molecular complexity index is 416. The fourth-order valence-corrected chi connectivity index (χ4v) is 1.26. The van der Waals surface area contributed by atoms with Gasteiger partial charge in [-0.1, -0.05) is 37.4 Å². The van der Waals surface area contributed by atoms with Crippen molar-refractivity contribution in [1.82, 2.24) is 0 Å². The number of aromatic hydroxyl groups is 1. The van der Waals surface area contributed by atoms with Crippen LogP contribution < -0.4 is 0 Å². The van der Waals surface area contributed by atoms with Crippen LogP contribution >= 0.6 is 0 Å². The van der Waals surface area contributed by atoms with Crippen molar-refractivity contribution < 1.29 is 9.84 Å². The molecule has 0 aliphatic rings. The lowest BCUT2D eigenvalue weighted by atomic mass is 10.1. The van der Waals surface area contributed by atoms with Gasteiger partial charge in [-0.3, -0.25) is 0 Å². The van der Waals surface area contributed by atoms with Gasteiger partial charge in [0, 0.05) is 5.56 Å². The summed E-state index contributed by atoms with van der Waals surface area (Å²) in [5, 5.41) is 9.60. The van der Waals surface area contributed by atoms with Crippen LogP contribution in [0.1, 0.15) is 12.5 Å². The summed E-state index contributed by atoms with van der Waals surface area (Å²) in [6, 6.07) is 7.07. The van der Waals surface area contributed by atoms with Crippen LogP contribution in [0.2, 0.25) is 0 Å². The number of phenolic OH excluding ortho intramolecular Hbond substituents is 1. The van der Waals surface area contributed by atoms with Gasteiger partial charge in [0.2, 0.25) is 0 Å². The molecule has 0 saturated carbocycles. The topological polar surface area (TPSA) is 29.5 Å². The van der Waals surface area contributed by atoms with Crippen molar-refractivity contribution in [2.75, 3.05) is 6.61 Å². The number of hydrogen-bond donors (Lipinski definition) is 1. The van der Waals surface area contributed by atoms with E-state index in [2.05, 4.69) is 13.2 Å². The quantitative estimate of drug-likeness (QED) is 0.603. The fourth-order valence-electron chi connectivity index (χ4n) is 1.26. The molecular formula is C14H16O2. The summed E-state index contributed by atoms with van der Waals surface area (Å²) in [5.74, 6) is 0.804. The van der Waals surface area contributed by atoms with E-state index in [-0.39, 0.29) is 5.75 Å². The first-order valence-electron chi connectivity index (χ1n) is 5.12. The highest BCUT2D eigenvalue weighted by Gasteiger charge is 2.00. The molecule has 0 amide bonds. The van der Waals surface area contributed by atoms with Crippen LogP contribution in [0.5, 0.6) is 5.75 Å². The number of rotatable bonds is 5. The number of allylic oxidation sites excluding steroid dienone is 3. The molecule has 1 aromatic carbocycles. The monoisotopic (exact) mass is 216 g/mol. The van der Waals surface area contributed by atoms with Crippen LogP contribution in [0.3, 0.4) is 0 Å². The van der Waals surface area contributed by atoms with E-state index in [4.69, 9.17) is 4.74 Å². The molecule has 0 spiro atoms. The average Bonchev–Trinajstić information content (AvgIpc) is 2.27. The summed E-state index contributed by atoms with van der Waals surface area (Å²) in [5.41, 5.74) is 1.43. The molecule has 16 heavy (non-hydrogen) atoms. The Kier molecular flexibility index (Phi) is 4.40. The summed E-state index contributed by atoms with van der Waals surface area (Å²) in [6.07, 6.45) is 3.51. The molecule has 0 saturated heterocycles. The van der Waals surface area contributed by atoms with Crippen molar-refractivity contribution in [3.05, 3.63) is 60.9 Å². The Balaban J connectivity index is 2.73. The van der Waals surface area contributed by atoms with Gasteiger partial charge in [0.05, 0.1) is 6.61 Å². The lowest BCUT2D eigenvalue weighted by Gasteiger charge is -2.04. The number of phenols is 1. The van der Waals surface area contributed by atoms with E-state index in [1.807, 2.05) is 19.1 Å². The van der Waals surface area contributed by atoms with E-state index in [9.17, 15) is 5.11 Å². The number of benzene rings is 1. The van der Waals surface area contributed by atoms with Gasteiger partial charge in [0.1, 0.15) is 11.5 Å². The van der Waals surface area contributed by atoms with Gasteiger partial charge >= 0.3 is 0 Å². The van der Waals surface area contributed by atoms with Crippen LogP contribution in [0.4, 0.5) is 0 Å². The molecule has 0 bridgehead atoms. The van der Waals surface area contributed by atoms with Crippen LogP contribution in [0.25, 0.3) is 5.57 Å².